The molecule has 0 bridgehead atoms. The number of nitrogens with one attached hydrogen (secondary N) is 1. The molecule has 0 aliphatic rings. The van der Waals surface area contributed by atoms with E-state index in [4.69, 9.17) is 16.7 Å². The number of nitrogens with zero attached hydrogens (tertiary/aromatic N) is 2. The Labute approximate surface area is 115 Å². The smallest absolute Gasteiger partial charge is 0.362 e. The Morgan fingerprint density at radius 3 is 2.70 bits per heavy atom. The zero-order valence-electron chi connectivity index (χ0n) is 9.98. The van der Waals surface area contributed by atoms with E-state index in [1.54, 1.807) is 11.9 Å². The molecule has 104 valence electrons. The molecule has 0 spiro atoms. The molecule has 2 N–H and O–H groups in total. The summed E-state index contributed by atoms with van der Waals surface area (Å²) < 4.78 is 14.3. The molecule has 0 aliphatic heterocycles. The number of halogens is 2. The quantitative estimate of drug-likeness (QED) is 0.850. The van der Waals surface area contributed by atoms with Gasteiger partial charge in [0.2, 0.25) is 5.69 Å². The van der Waals surface area contributed by atoms with Gasteiger partial charge in [-0.1, -0.05) is 11.6 Å². The van der Waals surface area contributed by atoms with Gasteiger partial charge in [0, 0.05) is 5.02 Å². The zero-order valence-corrected chi connectivity index (χ0v) is 10.7. The average Bonchev–Trinajstić information content (AvgIpc) is 2.34. The van der Waals surface area contributed by atoms with Crippen LogP contribution in [0.25, 0.3) is 5.69 Å². The zero-order chi connectivity index (χ0) is 15.0. The molecule has 0 radical (unpaired) electrons. The topological polar surface area (TPSA) is 105 Å². The van der Waals surface area contributed by atoms with Gasteiger partial charge in [0.25, 0.3) is 5.56 Å². The maximum absolute atomic E-state index is 13.8. The summed E-state index contributed by atoms with van der Waals surface area (Å²) in [5.41, 5.74) is -2.99. The summed E-state index contributed by atoms with van der Waals surface area (Å²) in [7, 11) is 0. The van der Waals surface area contributed by atoms with E-state index in [9.17, 15) is 18.8 Å². The molecular formula is C11H7ClFN3O4. The lowest BCUT2D eigenvalue weighted by Gasteiger charge is -2.08. The number of aromatic nitrogens is 3. The Morgan fingerprint density at radius 2 is 2.10 bits per heavy atom. The molecular weight excluding hydrogens is 293 g/mol. The highest BCUT2D eigenvalue weighted by Gasteiger charge is 2.17. The summed E-state index contributed by atoms with van der Waals surface area (Å²) in [6.45, 7) is 1.57. The first-order valence-corrected chi connectivity index (χ1v) is 5.62. The lowest BCUT2D eigenvalue weighted by atomic mass is 10.2. The largest absolute Gasteiger partial charge is 0.476 e. The highest BCUT2D eigenvalue weighted by atomic mass is 35.5. The maximum Gasteiger partial charge on any atom is 0.362 e. The predicted molar refractivity (Wildman–Crippen MR) is 67.1 cm³/mol. The van der Waals surface area contributed by atoms with E-state index in [2.05, 4.69) is 5.10 Å². The molecule has 0 saturated heterocycles. The first-order chi connectivity index (χ1) is 9.31. The summed E-state index contributed by atoms with van der Waals surface area (Å²) in [6.07, 6.45) is 0. The second-order valence-electron chi connectivity index (χ2n) is 3.88. The summed E-state index contributed by atoms with van der Waals surface area (Å²) in [6, 6.07) is 2.18. The van der Waals surface area contributed by atoms with Gasteiger partial charge in [0.15, 0.2) is 5.82 Å². The van der Waals surface area contributed by atoms with Crippen LogP contribution in [-0.2, 0) is 0 Å². The monoisotopic (exact) mass is 299 g/mol. The van der Waals surface area contributed by atoms with Crippen LogP contribution in [0.15, 0.2) is 21.7 Å². The van der Waals surface area contributed by atoms with Crippen LogP contribution in [0.2, 0.25) is 5.02 Å². The van der Waals surface area contributed by atoms with Crippen molar-refractivity contribution in [2.24, 2.45) is 0 Å². The highest BCUT2D eigenvalue weighted by molar-refractivity contribution is 6.31. The number of hydrogen-bond donors (Lipinski definition) is 2. The van der Waals surface area contributed by atoms with Gasteiger partial charge in [0.05, 0.1) is 0 Å². The average molecular weight is 300 g/mol. The fourth-order valence-electron chi connectivity index (χ4n) is 1.51. The number of aromatic amines is 1. The normalized spacial score (nSPS) is 10.6. The van der Waals surface area contributed by atoms with Crippen molar-refractivity contribution in [1.29, 1.82) is 0 Å². The number of carboxylic acid groups (broad SMARTS) is 1. The van der Waals surface area contributed by atoms with Crippen molar-refractivity contribution in [3.63, 3.8) is 0 Å². The molecule has 20 heavy (non-hydrogen) atoms. The molecule has 2 rings (SSSR count). The SMILES string of the molecule is Cc1cc(-n2nc(C(=O)O)c(=O)[nH]c2=O)c(F)cc1Cl. The van der Waals surface area contributed by atoms with Gasteiger partial charge in [-0.25, -0.2) is 14.0 Å². The van der Waals surface area contributed by atoms with Crippen LogP contribution in [0, 0.1) is 12.7 Å². The van der Waals surface area contributed by atoms with Crippen molar-refractivity contribution in [3.8, 4) is 5.69 Å². The first kappa shape index (κ1) is 13.9. The number of rotatable bonds is 2. The van der Waals surface area contributed by atoms with Crippen molar-refractivity contribution < 1.29 is 14.3 Å². The third kappa shape index (κ3) is 2.32. The van der Waals surface area contributed by atoms with E-state index in [0.29, 0.717) is 10.2 Å². The van der Waals surface area contributed by atoms with Crippen LogP contribution in [0.5, 0.6) is 0 Å². The predicted octanol–water partition coefficient (Wildman–Crippen LogP) is 0.720. The minimum Gasteiger partial charge on any atom is -0.476 e. The van der Waals surface area contributed by atoms with Gasteiger partial charge in [-0.15, -0.1) is 0 Å². The molecule has 0 fully saturated rings. The summed E-state index contributed by atoms with van der Waals surface area (Å²) >= 11 is 5.72. The van der Waals surface area contributed by atoms with Crippen LogP contribution in [0.1, 0.15) is 16.1 Å². The second kappa shape index (κ2) is 4.89. The fourth-order valence-corrected chi connectivity index (χ4v) is 1.66. The summed E-state index contributed by atoms with van der Waals surface area (Å²) in [4.78, 5) is 35.4. The van der Waals surface area contributed by atoms with E-state index in [1.165, 1.54) is 6.07 Å². The minimum absolute atomic E-state index is 0.141. The molecule has 0 amide bonds. The van der Waals surface area contributed by atoms with Crippen LogP contribution in [-0.4, -0.2) is 25.8 Å². The third-order valence-electron chi connectivity index (χ3n) is 2.49. The van der Waals surface area contributed by atoms with Crippen molar-refractivity contribution in [2.75, 3.05) is 0 Å². The maximum atomic E-state index is 13.8. The molecule has 2 aromatic rings. The van der Waals surface area contributed by atoms with Crippen LogP contribution in [0.4, 0.5) is 4.39 Å². The Hall–Kier alpha value is -2.48. The number of aryl methyl sites for hydroxylation is 1. The molecule has 0 saturated carbocycles. The Kier molecular flexibility index (Phi) is 3.41. The molecule has 1 aromatic heterocycles. The van der Waals surface area contributed by atoms with Crippen molar-refractivity contribution >= 4 is 17.6 Å². The third-order valence-corrected chi connectivity index (χ3v) is 2.89. The molecule has 7 nitrogen and oxygen atoms in total. The lowest BCUT2D eigenvalue weighted by Crippen LogP contribution is -2.36. The van der Waals surface area contributed by atoms with Gasteiger partial charge in [0.1, 0.15) is 5.69 Å². The number of carbonyl (C=O) groups is 1. The Bertz CT molecular complexity index is 827. The first-order valence-electron chi connectivity index (χ1n) is 5.24. The second-order valence-corrected chi connectivity index (χ2v) is 4.28. The van der Waals surface area contributed by atoms with Gasteiger partial charge < -0.3 is 5.11 Å². The van der Waals surface area contributed by atoms with Crippen LogP contribution in [0.3, 0.4) is 0 Å². The van der Waals surface area contributed by atoms with E-state index in [1.807, 2.05) is 0 Å². The molecule has 1 heterocycles. The van der Waals surface area contributed by atoms with E-state index >= 15 is 0 Å². The Balaban J connectivity index is 2.80. The molecule has 9 heteroatoms. The van der Waals surface area contributed by atoms with Gasteiger partial charge in [-0.05, 0) is 24.6 Å². The van der Waals surface area contributed by atoms with Crippen molar-refractivity contribution in [3.05, 3.63) is 55.1 Å². The van der Waals surface area contributed by atoms with Crippen LogP contribution < -0.4 is 11.2 Å². The summed E-state index contributed by atoms with van der Waals surface area (Å²) in [5, 5.41) is 12.3. The van der Waals surface area contributed by atoms with Gasteiger partial charge in [-0.3, -0.25) is 9.78 Å². The van der Waals surface area contributed by atoms with Crippen molar-refractivity contribution in [2.45, 2.75) is 6.92 Å². The van der Waals surface area contributed by atoms with Gasteiger partial charge in [-0.2, -0.15) is 9.78 Å². The van der Waals surface area contributed by atoms with E-state index in [0.717, 1.165) is 6.07 Å². The number of H-pyrrole nitrogens is 1. The van der Waals surface area contributed by atoms with E-state index < -0.39 is 28.7 Å². The number of benzene rings is 1. The standard InChI is InChI=1S/C11H7ClFN3O4/c1-4-2-7(6(13)3-5(4)12)16-11(20)14-9(17)8(15-16)10(18)19/h2-3H,1H3,(H,18,19)(H,14,17,20). The van der Waals surface area contributed by atoms with Crippen molar-refractivity contribution in [1.82, 2.24) is 14.8 Å². The minimum atomic E-state index is -1.63. The molecule has 0 atom stereocenters. The number of hydrogen-bond acceptors (Lipinski definition) is 4. The lowest BCUT2D eigenvalue weighted by molar-refractivity contribution is 0.0685. The molecule has 1 aromatic carbocycles. The van der Waals surface area contributed by atoms with Gasteiger partial charge >= 0.3 is 11.7 Å². The summed E-state index contributed by atoms with van der Waals surface area (Å²) in [5.74, 6) is -2.51. The number of carboxylic acids is 1. The van der Waals surface area contributed by atoms with E-state index in [-0.39, 0.29) is 10.7 Å². The molecule has 0 unspecified atom stereocenters. The Morgan fingerprint density at radius 1 is 1.45 bits per heavy atom. The highest BCUT2D eigenvalue weighted by Crippen LogP contribution is 2.21. The number of aromatic carboxylic acids is 1. The fraction of sp³-hybridized carbons (Fsp3) is 0.0909. The molecule has 0 aliphatic carbocycles. The van der Waals surface area contributed by atoms with Crippen LogP contribution >= 0.6 is 11.6 Å².